The van der Waals surface area contributed by atoms with E-state index >= 15 is 4.39 Å². The third-order valence-electron chi connectivity index (χ3n) is 5.86. The SMILES string of the molecule is CC(/C=C\NC(=O)N1CCc2c1ccc(B1OC(C)(C)C(C)(C)O1)c2F)=C/C=C/F. The average molecular weight is 416 g/mol. The van der Waals surface area contributed by atoms with Crippen molar-refractivity contribution in [3.8, 4) is 0 Å². The molecule has 1 aromatic carbocycles. The van der Waals surface area contributed by atoms with E-state index < -0.39 is 24.1 Å². The molecule has 5 nitrogen and oxygen atoms in total. The summed E-state index contributed by atoms with van der Waals surface area (Å²) in [6, 6.07) is 2.99. The van der Waals surface area contributed by atoms with Crippen molar-refractivity contribution >= 4 is 24.3 Å². The van der Waals surface area contributed by atoms with E-state index in [0.29, 0.717) is 36.0 Å². The predicted octanol–water partition coefficient (Wildman–Crippen LogP) is 4.14. The van der Waals surface area contributed by atoms with Gasteiger partial charge < -0.3 is 14.6 Å². The minimum atomic E-state index is -0.792. The largest absolute Gasteiger partial charge is 0.497 e. The summed E-state index contributed by atoms with van der Waals surface area (Å²) in [6.45, 7) is 9.83. The van der Waals surface area contributed by atoms with Crippen molar-refractivity contribution in [2.45, 2.75) is 52.2 Å². The van der Waals surface area contributed by atoms with E-state index in [1.54, 1.807) is 31.2 Å². The average Bonchev–Trinajstić information content (AvgIpc) is 3.19. The lowest BCUT2D eigenvalue weighted by Crippen LogP contribution is -2.41. The summed E-state index contributed by atoms with van der Waals surface area (Å²) in [5.74, 6) is -0.395. The number of allylic oxidation sites excluding steroid dienone is 4. The molecule has 160 valence electrons. The number of nitrogens with one attached hydrogen (secondary N) is 1. The lowest BCUT2D eigenvalue weighted by atomic mass is 9.77. The van der Waals surface area contributed by atoms with Crippen molar-refractivity contribution in [3.05, 3.63) is 59.8 Å². The van der Waals surface area contributed by atoms with Gasteiger partial charge in [0, 0.05) is 23.8 Å². The molecule has 2 aliphatic heterocycles. The second-order valence-corrected chi connectivity index (χ2v) is 8.47. The standard InChI is InChI=1S/C22H27BF2N2O3/c1-15(7-6-12-24)10-13-26-20(28)27-14-11-16-18(27)9-8-17(19(16)25)23-29-21(2,3)22(4,5)30-23/h6-10,12-13H,11,14H2,1-5H3,(H,26,28)/b12-6+,13-10-,15-7-. The lowest BCUT2D eigenvalue weighted by molar-refractivity contribution is 0.00578. The lowest BCUT2D eigenvalue weighted by Gasteiger charge is -2.32. The number of carbonyl (C=O) groups excluding carboxylic acids is 1. The Hall–Kier alpha value is -2.45. The molecular weight excluding hydrogens is 389 g/mol. The number of amides is 2. The van der Waals surface area contributed by atoms with Crippen molar-refractivity contribution in [2.24, 2.45) is 0 Å². The van der Waals surface area contributed by atoms with E-state index in [2.05, 4.69) is 5.32 Å². The smallest absolute Gasteiger partial charge is 0.399 e. The Labute approximate surface area is 176 Å². The van der Waals surface area contributed by atoms with Gasteiger partial charge in [-0.3, -0.25) is 4.90 Å². The second-order valence-electron chi connectivity index (χ2n) is 8.47. The third-order valence-corrected chi connectivity index (χ3v) is 5.86. The van der Waals surface area contributed by atoms with Gasteiger partial charge in [-0.25, -0.2) is 13.6 Å². The monoisotopic (exact) mass is 416 g/mol. The van der Waals surface area contributed by atoms with Crippen LogP contribution >= 0.6 is 0 Å². The van der Waals surface area contributed by atoms with Crippen molar-refractivity contribution in [1.29, 1.82) is 0 Å². The number of hydrogen-bond donors (Lipinski definition) is 1. The molecule has 0 saturated carbocycles. The predicted molar refractivity (Wildman–Crippen MR) is 115 cm³/mol. The maximum atomic E-state index is 15.3. The zero-order valence-electron chi connectivity index (χ0n) is 18.0. The van der Waals surface area contributed by atoms with E-state index in [4.69, 9.17) is 9.31 Å². The van der Waals surface area contributed by atoms with Crippen LogP contribution in [0.25, 0.3) is 0 Å². The molecular formula is C22H27BF2N2O3. The molecule has 0 aliphatic carbocycles. The van der Waals surface area contributed by atoms with Gasteiger partial charge in [-0.15, -0.1) is 0 Å². The molecule has 1 fully saturated rings. The molecule has 2 amide bonds. The van der Waals surface area contributed by atoms with E-state index in [0.717, 1.165) is 5.57 Å². The number of benzene rings is 1. The van der Waals surface area contributed by atoms with Crippen LogP contribution in [0.1, 0.15) is 40.2 Å². The zero-order chi connectivity index (χ0) is 22.1. The summed E-state index contributed by atoms with van der Waals surface area (Å²) < 4.78 is 39.2. The first-order valence-electron chi connectivity index (χ1n) is 9.92. The van der Waals surface area contributed by atoms with Gasteiger partial charge in [0.2, 0.25) is 0 Å². The number of hydrogen-bond acceptors (Lipinski definition) is 3. The molecule has 0 atom stereocenters. The first kappa shape index (κ1) is 22.2. The van der Waals surface area contributed by atoms with Crippen LogP contribution in [0.15, 0.2) is 48.5 Å². The molecule has 1 aromatic rings. The third kappa shape index (κ3) is 4.20. The molecule has 8 heteroatoms. The maximum Gasteiger partial charge on any atom is 0.497 e. The molecule has 0 bridgehead atoms. The molecule has 3 rings (SSSR count). The molecule has 30 heavy (non-hydrogen) atoms. The summed E-state index contributed by atoms with van der Waals surface area (Å²) in [4.78, 5) is 14.0. The van der Waals surface area contributed by atoms with Crippen LogP contribution in [-0.4, -0.2) is 30.9 Å². The quantitative estimate of drug-likeness (QED) is 0.593. The molecule has 2 heterocycles. The fourth-order valence-corrected chi connectivity index (χ4v) is 3.39. The fraction of sp³-hybridized carbons (Fsp3) is 0.409. The Balaban J connectivity index is 1.75. The van der Waals surface area contributed by atoms with Gasteiger partial charge in [0.1, 0.15) is 5.82 Å². The van der Waals surface area contributed by atoms with Crippen molar-refractivity contribution < 1.29 is 22.9 Å². The minimum absolute atomic E-state index is 0.344. The molecule has 1 saturated heterocycles. The van der Waals surface area contributed by atoms with Gasteiger partial charge >= 0.3 is 13.1 Å². The van der Waals surface area contributed by atoms with E-state index in [-0.39, 0.29) is 6.03 Å². The maximum absolute atomic E-state index is 15.3. The molecule has 0 radical (unpaired) electrons. The summed E-state index contributed by atoms with van der Waals surface area (Å²) in [6.07, 6.45) is 6.80. The summed E-state index contributed by atoms with van der Waals surface area (Å²) in [7, 11) is -0.792. The van der Waals surface area contributed by atoms with Gasteiger partial charge in [-0.2, -0.15) is 0 Å². The van der Waals surface area contributed by atoms with Crippen LogP contribution in [-0.2, 0) is 15.7 Å². The molecule has 0 aromatic heterocycles. The van der Waals surface area contributed by atoms with Gasteiger partial charge in [0.25, 0.3) is 0 Å². The molecule has 1 N–H and O–H groups in total. The number of anilines is 1. The van der Waals surface area contributed by atoms with Crippen molar-refractivity contribution in [3.63, 3.8) is 0 Å². The highest BCUT2D eigenvalue weighted by Gasteiger charge is 2.52. The minimum Gasteiger partial charge on any atom is -0.399 e. The number of carbonyl (C=O) groups is 1. The highest BCUT2D eigenvalue weighted by molar-refractivity contribution is 6.62. The van der Waals surface area contributed by atoms with E-state index in [1.807, 2.05) is 27.7 Å². The van der Waals surface area contributed by atoms with Crippen LogP contribution in [0.4, 0.5) is 19.3 Å². The second kappa shape index (κ2) is 8.36. The number of urea groups is 1. The highest BCUT2D eigenvalue weighted by Crippen LogP contribution is 2.37. The first-order valence-corrected chi connectivity index (χ1v) is 9.92. The van der Waals surface area contributed by atoms with Gasteiger partial charge in [-0.05, 0) is 64.8 Å². The zero-order valence-corrected chi connectivity index (χ0v) is 18.0. The van der Waals surface area contributed by atoms with E-state index in [9.17, 15) is 9.18 Å². The Morgan fingerprint density at radius 1 is 1.23 bits per heavy atom. The number of rotatable bonds is 4. The normalized spacial score (nSPS) is 20.4. The molecule has 0 spiro atoms. The summed E-state index contributed by atoms with van der Waals surface area (Å²) >= 11 is 0. The molecule has 0 unspecified atom stereocenters. The van der Waals surface area contributed by atoms with Crippen LogP contribution in [0, 0.1) is 5.82 Å². The van der Waals surface area contributed by atoms with Gasteiger partial charge in [-0.1, -0.05) is 12.1 Å². The fourth-order valence-electron chi connectivity index (χ4n) is 3.39. The van der Waals surface area contributed by atoms with Crippen LogP contribution in [0.5, 0.6) is 0 Å². The topological polar surface area (TPSA) is 50.8 Å². The number of fused-ring (bicyclic) bond motifs is 1. The van der Waals surface area contributed by atoms with Crippen LogP contribution < -0.4 is 15.7 Å². The Morgan fingerprint density at radius 2 is 1.90 bits per heavy atom. The summed E-state index contributed by atoms with van der Waals surface area (Å²) in [5.41, 5.74) is 0.999. The number of halogens is 2. The molecule has 2 aliphatic rings. The van der Waals surface area contributed by atoms with E-state index in [1.165, 1.54) is 17.2 Å². The Morgan fingerprint density at radius 3 is 2.53 bits per heavy atom. The summed E-state index contributed by atoms with van der Waals surface area (Å²) in [5, 5.41) is 2.66. The Bertz CT molecular complexity index is 909. The van der Waals surface area contributed by atoms with Crippen LogP contribution in [0.2, 0.25) is 0 Å². The highest BCUT2D eigenvalue weighted by atomic mass is 19.1. The number of nitrogens with zero attached hydrogens (tertiary/aromatic N) is 1. The van der Waals surface area contributed by atoms with Crippen molar-refractivity contribution in [1.82, 2.24) is 5.32 Å². The van der Waals surface area contributed by atoms with Crippen molar-refractivity contribution in [2.75, 3.05) is 11.4 Å². The van der Waals surface area contributed by atoms with Crippen LogP contribution in [0.3, 0.4) is 0 Å². The van der Waals surface area contributed by atoms with Gasteiger partial charge in [0.05, 0.1) is 23.2 Å². The Kier molecular flexibility index (Phi) is 6.20. The van der Waals surface area contributed by atoms with Gasteiger partial charge in [0.15, 0.2) is 0 Å². The first-order chi connectivity index (χ1) is 14.1.